The Balaban J connectivity index is 1.84. The van der Waals surface area contributed by atoms with E-state index in [1.807, 2.05) is 13.8 Å². The van der Waals surface area contributed by atoms with Gasteiger partial charge in [-0.3, -0.25) is 19.1 Å². The highest BCUT2D eigenvalue weighted by Gasteiger charge is 2.19. The number of carbonyl (C=O) groups is 1. The molecule has 2 heterocycles. The molecule has 2 aromatic heterocycles. The topological polar surface area (TPSA) is 117 Å². The lowest BCUT2D eigenvalue weighted by molar-refractivity contribution is -0.144. The number of esters is 1. The predicted molar refractivity (Wildman–Crippen MR) is 118 cm³/mol. The van der Waals surface area contributed by atoms with E-state index in [2.05, 4.69) is 9.97 Å². The van der Waals surface area contributed by atoms with Crippen LogP contribution in [0.3, 0.4) is 0 Å². The molecular formula is C22H28N4O6. The lowest BCUT2D eigenvalue weighted by Gasteiger charge is -2.11. The number of rotatable bonds is 10. The second-order valence-corrected chi connectivity index (χ2v) is 7.22. The van der Waals surface area contributed by atoms with E-state index in [9.17, 15) is 14.4 Å². The summed E-state index contributed by atoms with van der Waals surface area (Å²) in [5.41, 5.74) is 0.259. The van der Waals surface area contributed by atoms with Crippen LogP contribution in [0.4, 0.5) is 0 Å². The fourth-order valence-corrected chi connectivity index (χ4v) is 3.54. The monoisotopic (exact) mass is 444 g/mol. The maximum Gasteiger partial charge on any atom is 0.330 e. The third kappa shape index (κ3) is 4.68. The van der Waals surface area contributed by atoms with Crippen molar-refractivity contribution < 1.29 is 19.0 Å². The van der Waals surface area contributed by atoms with E-state index in [0.717, 1.165) is 12.8 Å². The Morgan fingerprint density at radius 1 is 1.12 bits per heavy atom. The second kappa shape index (κ2) is 10.2. The highest BCUT2D eigenvalue weighted by atomic mass is 16.5. The van der Waals surface area contributed by atoms with E-state index in [-0.39, 0.29) is 13.0 Å². The van der Waals surface area contributed by atoms with Gasteiger partial charge in [0.15, 0.2) is 11.2 Å². The minimum atomic E-state index is -0.507. The van der Waals surface area contributed by atoms with Gasteiger partial charge in [-0.1, -0.05) is 19.4 Å². The van der Waals surface area contributed by atoms with Gasteiger partial charge in [0.2, 0.25) is 0 Å². The molecule has 0 fully saturated rings. The average molecular weight is 444 g/mol. The van der Waals surface area contributed by atoms with Gasteiger partial charge in [-0.2, -0.15) is 0 Å². The van der Waals surface area contributed by atoms with E-state index < -0.39 is 17.2 Å². The summed E-state index contributed by atoms with van der Waals surface area (Å²) in [5.74, 6) is 1.07. The first-order valence-corrected chi connectivity index (χ1v) is 10.5. The molecule has 3 rings (SSSR count). The van der Waals surface area contributed by atoms with Gasteiger partial charge in [-0.05, 0) is 19.4 Å². The normalized spacial score (nSPS) is 11.0. The van der Waals surface area contributed by atoms with Crippen molar-refractivity contribution in [1.29, 1.82) is 0 Å². The summed E-state index contributed by atoms with van der Waals surface area (Å²) < 4.78 is 19.1. The summed E-state index contributed by atoms with van der Waals surface area (Å²) >= 11 is 0. The average Bonchev–Trinajstić information content (AvgIpc) is 3.16. The minimum absolute atomic E-state index is 0.00130. The highest BCUT2D eigenvalue weighted by molar-refractivity contribution is 5.74. The molecule has 0 aliphatic carbocycles. The molecule has 0 radical (unpaired) electrons. The van der Waals surface area contributed by atoms with Gasteiger partial charge in [0.1, 0.15) is 23.9 Å². The number of methoxy groups -OCH3 is 2. The van der Waals surface area contributed by atoms with Gasteiger partial charge in [-0.15, -0.1) is 0 Å². The number of benzene rings is 1. The number of ether oxygens (including phenoxy) is 3. The van der Waals surface area contributed by atoms with E-state index in [0.29, 0.717) is 47.1 Å². The summed E-state index contributed by atoms with van der Waals surface area (Å²) in [5, 5.41) is 0. The van der Waals surface area contributed by atoms with E-state index in [1.165, 1.54) is 11.7 Å². The third-order valence-corrected chi connectivity index (χ3v) is 5.21. The number of hydrogen-bond donors (Lipinski definition) is 1. The van der Waals surface area contributed by atoms with E-state index >= 15 is 0 Å². The Labute approximate surface area is 184 Å². The maximum absolute atomic E-state index is 12.5. The number of aromatic amines is 1. The van der Waals surface area contributed by atoms with Crippen LogP contribution in [0.15, 0.2) is 27.8 Å². The highest BCUT2D eigenvalue weighted by Crippen LogP contribution is 2.25. The molecule has 0 saturated heterocycles. The van der Waals surface area contributed by atoms with Crippen LogP contribution in [0.25, 0.3) is 11.2 Å². The zero-order valence-electron chi connectivity index (χ0n) is 18.8. The molecule has 0 aliphatic rings. The van der Waals surface area contributed by atoms with Crippen molar-refractivity contribution in [2.75, 3.05) is 14.2 Å². The van der Waals surface area contributed by atoms with Crippen LogP contribution >= 0.6 is 0 Å². The molecular weight excluding hydrogens is 416 g/mol. The Hall–Kier alpha value is -3.56. The molecule has 1 N–H and O–H groups in total. The first-order valence-electron chi connectivity index (χ1n) is 10.5. The SMILES string of the molecule is CCCCn1c(=O)[nH]c(=O)c2c1nc(COC(=O)Cc1ccc(OC)cc1OC)n2CC. The molecule has 0 spiro atoms. The number of aryl methyl sites for hydroxylation is 2. The fourth-order valence-electron chi connectivity index (χ4n) is 3.54. The van der Waals surface area contributed by atoms with Crippen molar-refractivity contribution >= 4 is 17.1 Å². The zero-order chi connectivity index (χ0) is 23.3. The van der Waals surface area contributed by atoms with Crippen molar-refractivity contribution in [2.45, 2.75) is 52.8 Å². The number of hydrogen-bond acceptors (Lipinski definition) is 7. The molecule has 1 aromatic carbocycles. The first-order chi connectivity index (χ1) is 15.4. The van der Waals surface area contributed by atoms with Gasteiger partial charge < -0.3 is 18.8 Å². The molecule has 0 unspecified atom stereocenters. The number of fused-ring (bicyclic) bond motifs is 1. The van der Waals surface area contributed by atoms with Crippen molar-refractivity contribution in [2.24, 2.45) is 0 Å². The van der Waals surface area contributed by atoms with Crippen LogP contribution in [-0.4, -0.2) is 39.3 Å². The van der Waals surface area contributed by atoms with Crippen LogP contribution in [0.2, 0.25) is 0 Å². The Morgan fingerprint density at radius 3 is 2.56 bits per heavy atom. The Kier molecular flexibility index (Phi) is 7.34. The van der Waals surface area contributed by atoms with E-state index in [4.69, 9.17) is 14.2 Å². The number of nitrogens with one attached hydrogen (secondary N) is 1. The summed E-state index contributed by atoms with van der Waals surface area (Å²) in [7, 11) is 3.07. The van der Waals surface area contributed by atoms with Crippen LogP contribution < -0.4 is 20.7 Å². The lowest BCUT2D eigenvalue weighted by Crippen LogP contribution is -2.31. The van der Waals surface area contributed by atoms with Gasteiger partial charge in [0, 0.05) is 24.7 Å². The largest absolute Gasteiger partial charge is 0.497 e. The van der Waals surface area contributed by atoms with E-state index in [1.54, 1.807) is 29.9 Å². The van der Waals surface area contributed by atoms with Crippen LogP contribution in [0.5, 0.6) is 11.5 Å². The number of carbonyl (C=O) groups excluding carboxylic acids is 1. The Morgan fingerprint density at radius 2 is 1.91 bits per heavy atom. The second-order valence-electron chi connectivity index (χ2n) is 7.22. The summed E-state index contributed by atoms with van der Waals surface area (Å²) in [6.07, 6.45) is 1.66. The fraction of sp³-hybridized carbons (Fsp3) is 0.455. The summed E-state index contributed by atoms with van der Waals surface area (Å²) in [6, 6.07) is 5.18. The van der Waals surface area contributed by atoms with Crippen molar-refractivity contribution in [3.05, 3.63) is 50.4 Å². The summed E-state index contributed by atoms with van der Waals surface area (Å²) in [6.45, 7) is 4.63. The van der Waals surface area contributed by atoms with Gasteiger partial charge in [0.05, 0.1) is 20.6 Å². The molecule has 0 saturated carbocycles. The molecule has 0 aliphatic heterocycles. The van der Waals surface area contributed by atoms with Crippen molar-refractivity contribution in [1.82, 2.24) is 19.1 Å². The van der Waals surface area contributed by atoms with Crippen molar-refractivity contribution in [3.63, 3.8) is 0 Å². The molecule has 10 nitrogen and oxygen atoms in total. The molecule has 3 aromatic rings. The number of aromatic nitrogens is 4. The number of nitrogens with zero attached hydrogens (tertiary/aromatic N) is 3. The third-order valence-electron chi connectivity index (χ3n) is 5.21. The molecule has 0 bridgehead atoms. The minimum Gasteiger partial charge on any atom is -0.497 e. The van der Waals surface area contributed by atoms with Gasteiger partial charge in [-0.25, -0.2) is 9.78 Å². The van der Waals surface area contributed by atoms with Gasteiger partial charge in [0.25, 0.3) is 5.56 Å². The lowest BCUT2D eigenvalue weighted by atomic mass is 10.1. The first kappa shape index (κ1) is 23.1. The number of H-pyrrole nitrogens is 1. The number of unbranched alkanes of at least 4 members (excludes halogenated alkanes) is 1. The number of imidazole rings is 1. The molecule has 0 amide bonds. The predicted octanol–water partition coefficient (Wildman–Crippen LogP) is 2.01. The van der Waals surface area contributed by atoms with Crippen LogP contribution in [-0.2, 0) is 35.6 Å². The zero-order valence-corrected chi connectivity index (χ0v) is 18.8. The Bertz CT molecular complexity index is 1220. The molecule has 32 heavy (non-hydrogen) atoms. The quantitative estimate of drug-likeness (QED) is 0.475. The molecule has 0 atom stereocenters. The molecule has 10 heteroatoms. The standard InChI is InChI=1S/C22H28N4O6/c1-5-7-10-26-20-19(21(28)24-22(26)29)25(6-2)17(23-20)13-32-18(27)11-14-8-9-15(30-3)12-16(14)31-4/h8-9,12H,5-7,10-11,13H2,1-4H3,(H,24,28,29). The molecule has 172 valence electrons. The van der Waals surface area contributed by atoms with Crippen molar-refractivity contribution in [3.8, 4) is 11.5 Å². The maximum atomic E-state index is 12.5. The smallest absolute Gasteiger partial charge is 0.330 e. The van der Waals surface area contributed by atoms with Crippen LogP contribution in [0.1, 0.15) is 38.1 Å². The van der Waals surface area contributed by atoms with Crippen LogP contribution in [0, 0.1) is 0 Å². The summed E-state index contributed by atoms with van der Waals surface area (Å²) in [4.78, 5) is 44.1. The van der Waals surface area contributed by atoms with Gasteiger partial charge >= 0.3 is 11.7 Å².